The highest BCUT2D eigenvalue weighted by molar-refractivity contribution is 7.52. The van der Waals surface area contributed by atoms with Gasteiger partial charge in [-0.3, -0.25) is 14.3 Å². The van der Waals surface area contributed by atoms with E-state index in [-0.39, 0.29) is 30.5 Å². The summed E-state index contributed by atoms with van der Waals surface area (Å²) < 4.78 is 43.2. The van der Waals surface area contributed by atoms with Gasteiger partial charge in [0.1, 0.15) is 6.61 Å². The number of aromatic amines is 1. The maximum atomic E-state index is 13.5. The van der Waals surface area contributed by atoms with Crippen LogP contribution in [0.15, 0.2) is 50.5 Å². The summed E-state index contributed by atoms with van der Waals surface area (Å²) in [5, 5.41) is 2.76. The molecule has 0 unspecified atom stereocenters. The van der Waals surface area contributed by atoms with Gasteiger partial charge in [-0.25, -0.2) is 19.0 Å². The Morgan fingerprint density at radius 2 is 1.97 bits per heavy atom. The summed E-state index contributed by atoms with van der Waals surface area (Å²) in [5.41, 5.74) is 0.0664. The fourth-order valence-corrected chi connectivity index (χ4v) is 4.05. The van der Waals surface area contributed by atoms with E-state index in [1.54, 1.807) is 0 Å². The first-order valence-electron chi connectivity index (χ1n) is 8.78. The highest BCUT2D eigenvalue weighted by Gasteiger charge is 2.35. The van der Waals surface area contributed by atoms with E-state index in [4.69, 9.17) is 13.5 Å². The number of halogens is 1. The molecule has 1 atom stereocenters. The minimum atomic E-state index is -3.67. The molecule has 152 valence electrons. The van der Waals surface area contributed by atoms with Gasteiger partial charge >= 0.3 is 13.4 Å². The SMILES string of the molecule is CCc1ccc(CN[P@]2(=O)OCc3oc(-n4cc(F)c(=O)[nH]c4=O)cc3O2)cc1. The molecule has 0 saturated carbocycles. The van der Waals surface area contributed by atoms with Crippen molar-refractivity contribution in [1.82, 2.24) is 14.6 Å². The number of aromatic nitrogens is 2. The summed E-state index contributed by atoms with van der Waals surface area (Å²) in [4.78, 5) is 24.9. The first kappa shape index (κ1) is 19.4. The van der Waals surface area contributed by atoms with Gasteiger partial charge in [0.15, 0.2) is 11.5 Å². The van der Waals surface area contributed by atoms with Crippen molar-refractivity contribution in [2.75, 3.05) is 0 Å². The molecule has 4 rings (SSSR count). The van der Waals surface area contributed by atoms with Crippen molar-refractivity contribution in [2.24, 2.45) is 0 Å². The van der Waals surface area contributed by atoms with E-state index in [1.807, 2.05) is 29.2 Å². The molecule has 0 fully saturated rings. The van der Waals surface area contributed by atoms with Crippen molar-refractivity contribution in [1.29, 1.82) is 0 Å². The Morgan fingerprint density at radius 3 is 2.69 bits per heavy atom. The second kappa shape index (κ2) is 7.47. The maximum absolute atomic E-state index is 13.5. The van der Waals surface area contributed by atoms with E-state index >= 15 is 0 Å². The molecule has 1 aliphatic rings. The molecule has 1 aliphatic heterocycles. The van der Waals surface area contributed by atoms with Crippen LogP contribution in [0.25, 0.3) is 5.88 Å². The molecule has 0 bridgehead atoms. The van der Waals surface area contributed by atoms with Gasteiger partial charge in [0.05, 0.1) is 6.20 Å². The van der Waals surface area contributed by atoms with Gasteiger partial charge in [-0.05, 0) is 17.5 Å². The van der Waals surface area contributed by atoms with E-state index in [9.17, 15) is 18.5 Å². The van der Waals surface area contributed by atoms with Gasteiger partial charge < -0.3 is 8.94 Å². The number of hydrogen-bond acceptors (Lipinski definition) is 6. The number of benzene rings is 1. The zero-order valence-electron chi connectivity index (χ0n) is 15.3. The molecule has 2 aromatic heterocycles. The molecule has 1 aromatic carbocycles. The highest BCUT2D eigenvalue weighted by atomic mass is 31.2. The zero-order valence-corrected chi connectivity index (χ0v) is 16.2. The van der Waals surface area contributed by atoms with E-state index in [2.05, 4.69) is 12.0 Å². The quantitative estimate of drug-likeness (QED) is 0.609. The van der Waals surface area contributed by atoms with Crippen LogP contribution in [-0.4, -0.2) is 9.55 Å². The second-order valence-electron chi connectivity index (χ2n) is 6.35. The van der Waals surface area contributed by atoms with Gasteiger partial charge in [0.2, 0.25) is 11.7 Å². The topological polar surface area (TPSA) is 116 Å². The lowest BCUT2D eigenvalue weighted by atomic mass is 10.1. The van der Waals surface area contributed by atoms with Crippen LogP contribution < -0.4 is 20.9 Å². The van der Waals surface area contributed by atoms with Gasteiger partial charge in [-0.1, -0.05) is 31.2 Å². The third-order valence-electron chi connectivity index (χ3n) is 4.39. The lowest BCUT2D eigenvalue weighted by Gasteiger charge is -2.23. The van der Waals surface area contributed by atoms with E-state index < -0.39 is 24.8 Å². The van der Waals surface area contributed by atoms with Crippen LogP contribution in [0.3, 0.4) is 0 Å². The maximum Gasteiger partial charge on any atom is 0.459 e. The van der Waals surface area contributed by atoms with Crippen LogP contribution in [0, 0.1) is 5.82 Å². The summed E-state index contributed by atoms with van der Waals surface area (Å²) in [6.45, 7) is 2.14. The Kier molecular flexibility index (Phi) is 4.99. The largest absolute Gasteiger partial charge is 0.459 e. The molecule has 29 heavy (non-hydrogen) atoms. The Balaban J connectivity index is 1.52. The van der Waals surface area contributed by atoms with Crippen LogP contribution in [0.5, 0.6) is 5.75 Å². The van der Waals surface area contributed by atoms with Crippen LogP contribution in [-0.2, 0) is 28.7 Å². The lowest BCUT2D eigenvalue weighted by Crippen LogP contribution is -2.30. The van der Waals surface area contributed by atoms with E-state index in [0.717, 1.165) is 16.6 Å². The minimum absolute atomic E-state index is 0.0990. The lowest BCUT2D eigenvalue weighted by molar-refractivity contribution is 0.198. The van der Waals surface area contributed by atoms with Crippen molar-refractivity contribution >= 4 is 7.75 Å². The number of nitrogens with one attached hydrogen (secondary N) is 2. The summed E-state index contributed by atoms with van der Waals surface area (Å²) in [5.74, 6) is -0.985. The van der Waals surface area contributed by atoms with Crippen molar-refractivity contribution < 1.29 is 22.4 Å². The molecule has 11 heteroatoms. The number of H-pyrrole nitrogens is 1. The molecule has 0 amide bonds. The van der Waals surface area contributed by atoms with Crippen LogP contribution in [0.1, 0.15) is 23.8 Å². The molecule has 9 nitrogen and oxygen atoms in total. The predicted octanol–water partition coefficient (Wildman–Crippen LogP) is 2.63. The van der Waals surface area contributed by atoms with Crippen LogP contribution >= 0.6 is 7.75 Å². The van der Waals surface area contributed by atoms with Crippen LogP contribution in [0.2, 0.25) is 0 Å². The summed E-state index contributed by atoms with van der Waals surface area (Å²) >= 11 is 0. The molecule has 3 aromatic rings. The summed E-state index contributed by atoms with van der Waals surface area (Å²) in [6.07, 6.45) is 1.62. The third-order valence-corrected chi connectivity index (χ3v) is 5.84. The summed E-state index contributed by atoms with van der Waals surface area (Å²) in [6, 6.07) is 9.08. The van der Waals surface area contributed by atoms with Gasteiger partial charge in [0, 0.05) is 12.6 Å². The van der Waals surface area contributed by atoms with Crippen molar-refractivity contribution in [3.63, 3.8) is 0 Å². The molecule has 0 saturated heterocycles. The first-order chi connectivity index (χ1) is 13.9. The fraction of sp³-hybridized carbons (Fsp3) is 0.222. The number of rotatable bonds is 5. The van der Waals surface area contributed by atoms with E-state index in [1.165, 1.54) is 11.6 Å². The standard InChI is InChI=1S/C18H17FN3O6P/c1-2-11-3-5-12(6-4-11)8-20-29(25)26-10-15-14(28-29)7-16(27-15)22-9-13(19)17(23)21-18(22)24/h3-7,9H,2,8,10H2,1H3,(H,20,25)(H,21,23,24)/t29-/m0/s1. The Hall–Kier alpha value is -2.94. The van der Waals surface area contributed by atoms with Crippen molar-refractivity contribution in [3.05, 3.63) is 80.1 Å². The number of furan rings is 1. The number of fused-ring (bicyclic) bond motifs is 1. The molecule has 0 spiro atoms. The number of aryl methyl sites for hydroxylation is 1. The Labute approximate surface area is 163 Å². The Morgan fingerprint density at radius 1 is 1.24 bits per heavy atom. The minimum Gasteiger partial charge on any atom is -0.438 e. The predicted molar refractivity (Wildman–Crippen MR) is 101 cm³/mol. The molecular weight excluding hydrogens is 404 g/mol. The third kappa shape index (κ3) is 3.95. The molecule has 0 aliphatic carbocycles. The number of hydrogen-bond donors (Lipinski definition) is 2. The summed E-state index contributed by atoms with van der Waals surface area (Å²) in [7, 11) is -3.67. The van der Waals surface area contributed by atoms with Crippen molar-refractivity contribution in [2.45, 2.75) is 26.5 Å². The highest BCUT2D eigenvalue weighted by Crippen LogP contribution is 2.51. The van der Waals surface area contributed by atoms with Gasteiger partial charge in [0.25, 0.3) is 5.56 Å². The molecule has 3 heterocycles. The molecule has 2 N–H and O–H groups in total. The normalized spacial score (nSPS) is 18.3. The smallest absolute Gasteiger partial charge is 0.438 e. The van der Waals surface area contributed by atoms with E-state index in [0.29, 0.717) is 6.20 Å². The molecule has 0 radical (unpaired) electrons. The van der Waals surface area contributed by atoms with Crippen molar-refractivity contribution in [3.8, 4) is 11.6 Å². The van der Waals surface area contributed by atoms with Crippen LogP contribution in [0.4, 0.5) is 4.39 Å². The first-order valence-corrected chi connectivity index (χ1v) is 10.3. The average molecular weight is 421 g/mol. The Bertz CT molecular complexity index is 1210. The van der Waals surface area contributed by atoms with Gasteiger partial charge in [-0.2, -0.15) is 4.39 Å². The zero-order chi connectivity index (χ0) is 20.6. The number of nitrogens with zero attached hydrogens (tertiary/aromatic N) is 1. The average Bonchev–Trinajstić information content (AvgIpc) is 3.12. The molecular formula is C18H17FN3O6P. The monoisotopic (exact) mass is 421 g/mol. The van der Waals surface area contributed by atoms with Gasteiger partial charge in [-0.15, -0.1) is 0 Å². The second-order valence-corrected chi connectivity index (χ2v) is 8.10. The fourth-order valence-electron chi connectivity index (χ4n) is 2.76.